The lowest BCUT2D eigenvalue weighted by Crippen LogP contribution is -2.29. The summed E-state index contributed by atoms with van der Waals surface area (Å²) in [5.41, 5.74) is 1.81. The van der Waals surface area contributed by atoms with E-state index in [0.29, 0.717) is 11.1 Å². The normalized spacial score (nSPS) is 11.9. The van der Waals surface area contributed by atoms with Crippen molar-refractivity contribution in [3.63, 3.8) is 0 Å². The fourth-order valence-electron chi connectivity index (χ4n) is 3.37. The van der Waals surface area contributed by atoms with Gasteiger partial charge >= 0.3 is 0 Å². The Morgan fingerprint density at radius 2 is 1.50 bits per heavy atom. The minimum Gasteiger partial charge on any atom is -0.508 e. The van der Waals surface area contributed by atoms with Crippen LogP contribution in [0.5, 0.6) is 5.75 Å². The maximum atomic E-state index is 13.2. The van der Waals surface area contributed by atoms with Gasteiger partial charge in [0, 0.05) is 11.1 Å². The van der Waals surface area contributed by atoms with Gasteiger partial charge in [-0.15, -0.1) is 0 Å². The molecule has 0 bridgehead atoms. The van der Waals surface area contributed by atoms with E-state index in [-0.39, 0.29) is 11.7 Å². The van der Waals surface area contributed by atoms with Crippen molar-refractivity contribution in [1.82, 2.24) is 5.32 Å². The maximum absolute atomic E-state index is 13.2. The van der Waals surface area contributed by atoms with Crippen LogP contribution in [0.3, 0.4) is 0 Å². The molecule has 4 rings (SSSR count). The van der Waals surface area contributed by atoms with Crippen LogP contribution < -0.4 is 5.32 Å². The molecule has 0 unspecified atom stereocenters. The second kappa shape index (κ2) is 7.53. The summed E-state index contributed by atoms with van der Waals surface area (Å²) in [5.74, 6) is -0.643. The number of hydrogen-bond donors (Lipinski definition) is 2. The predicted molar refractivity (Wildman–Crippen MR) is 108 cm³/mol. The molecule has 0 fully saturated rings. The largest absolute Gasteiger partial charge is 0.508 e. The first-order chi connectivity index (χ1) is 13.6. The van der Waals surface area contributed by atoms with Crippen LogP contribution >= 0.6 is 0 Å². The van der Waals surface area contributed by atoms with Gasteiger partial charge in [-0.2, -0.15) is 0 Å². The third kappa shape index (κ3) is 3.45. The van der Waals surface area contributed by atoms with Crippen molar-refractivity contribution < 1.29 is 14.3 Å². The molecule has 0 spiro atoms. The van der Waals surface area contributed by atoms with Crippen molar-refractivity contribution in [2.45, 2.75) is 6.04 Å². The van der Waals surface area contributed by atoms with Crippen LogP contribution in [0.4, 0.5) is 4.39 Å². The zero-order valence-corrected chi connectivity index (χ0v) is 15.0. The molecule has 4 heteroatoms. The third-order valence-electron chi connectivity index (χ3n) is 4.75. The molecule has 0 saturated carbocycles. The molecule has 1 amide bonds. The Balaban J connectivity index is 1.83. The van der Waals surface area contributed by atoms with Crippen LogP contribution in [0.25, 0.3) is 10.8 Å². The zero-order chi connectivity index (χ0) is 19.5. The summed E-state index contributed by atoms with van der Waals surface area (Å²) in [4.78, 5) is 12.8. The third-order valence-corrected chi connectivity index (χ3v) is 4.75. The monoisotopic (exact) mass is 371 g/mol. The van der Waals surface area contributed by atoms with E-state index in [0.717, 1.165) is 16.3 Å². The van der Waals surface area contributed by atoms with E-state index in [1.807, 2.05) is 60.7 Å². The number of carbonyl (C=O) groups excluding carboxylic acids is 1. The number of aromatic hydroxyl groups is 1. The number of phenolic OH excluding ortho intramolecular Hbond substituents is 1. The van der Waals surface area contributed by atoms with E-state index in [9.17, 15) is 14.3 Å². The number of phenols is 1. The number of amides is 1. The fourth-order valence-corrected chi connectivity index (χ4v) is 3.37. The number of hydrogen-bond acceptors (Lipinski definition) is 2. The van der Waals surface area contributed by atoms with Crippen LogP contribution in [0.1, 0.15) is 27.5 Å². The lowest BCUT2D eigenvalue weighted by atomic mass is 9.92. The number of halogens is 1. The summed E-state index contributed by atoms with van der Waals surface area (Å²) in [6, 6.07) is 25.5. The Morgan fingerprint density at radius 1 is 0.821 bits per heavy atom. The number of benzene rings is 4. The molecule has 0 heterocycles. The Bertz CT molecular complexity index is 1120. The lowest BCUT2D eigenvalue weighted by molar-refractivity contribution is 0.0943. The van der Waals surface area contributed by atoms with Gasteiger partial charge in [0.05, 0.1) is 6.04 Å². The van der Waals surface area contributed by atoms with Gasteiger partial charge in [0.1, 0.15) is 11.6 Å². The van der Waals surface area contributed by atoms with Gasteiger partial charge in [0.25, 0.3) is 5.91 Å². The first-order valence-electron chi connectivity index (χ1n) is 8.95. The van der Waals surface area contributed by atoms with Crippen molar-refractivity contribution in [2.75, 3.05) is 0 Å². The SMILES string of the molecule is O=C(N[C@H](c1ccccc1)c1c(O)ccc2ccccc12)c1ccc(F)cc1. The lowest BCUT2D eigenvalue weighted by Gasteiger charge is -2.22. The van der Waals surface area contributed by atoms with Crippen LogP contribution in [0.15, 0.2) is 91.0 Å². The van der Waals surface area contributed by atoms with E-state index in [1.54, 1.807) is 6.07 Å². The van der Waals surface area contributed by atoms with Crippen LogP contribution in [0.2, 0.25) is 0 Å². The van der Waals surface area contributed by atoms with Crippen LogP contribution in [-0.4, -0.2) is 11.0 Å². The highest BCUT2D eigenvalue weighted by molar-refractivity contribution is 5.96. The van der Waals surface area contributed by atoms with Crippen molar-refractivity contribution in [3.05, 3.63) is 114 Å². The van der Waals surface area contributed by atoms with Gasteiger partial charge in [0.2, 0.25) is 0 Å². The number of rotatable bonds is 4. The molecule has 138 valence electrons. The molecular formula is C24H18FNO2. The minimum atomic E-state index is -0.565. The molecule has 0 radical (unpaired) electrons. The van der Waals surface area contributed by atoms with Crippen molar-refractivity contribution in [2.24, 2.45) is 0 Å². The highest BCUT2D eigenvalue weighted by atomic mass is 19.1. The molecule has 4 aromatic carbocycles. The second-order valence-electron chi connectivity index (χ2n) is 6.54. The van der Waals surface area contributed by atoms with Crippen molar-refractivity contribution in [1.29, 1.82) is 0 Å². The Morgan fingerprint density at radius 3 is 2.25 bits per heavy atom. The first kappa shape index (κ1) is 17.7. The molecule has 28 heavy (non-hydrogen) atoms. The van der Waals surface area contributed by atoms with Gasteiger partial charge in [0.15, 0.2) is 0 Å². The summed E-state index contributed by atoms with van der Waals surface area (Å²) >= 11 is 0. The number of nitrogens with one attached hydrogen (secondary N) is 1. The fraction of sp³-hybridized carbons (Fsp3) is 0.0417. The van der Waals surface area contributed by atoms with Gasteiger partial charge < -0.3 is 10.4 Å². The first-order valence-corrected chi connectivity index (χ1v) is 8.95. The van der Waals surface area contributed by atoms with Gasteiger partial charge in [-0.1, -0.05) is 60.7 Å². The molecule has 0 aliphatic rings. The smallest absolute Gasteiger partial charge is 0.252 e. The standard InChI is InChI=1S/C24H18FNO2/c25-19-13-10-18(11-14-19)24(28)26-23(17-7-2-1-3-8-17)22-20-9-5-4-6-16(20)12-15-21(22)27/h1-15,23,27H,(H,26,28)/t23-/m1/s1. The van der Waals surface area contributed by atoms with Gasteiger partial charge in [-0.25, -0.2) is 4.39 Å². The average molecular weight is 371 g/mol. The topological polar surface area (TPSA) is 49.3 Å². The molecule has 0 aliphatic heterocycles. The van der Waals surface area contributed by atoms with Crippen LogP contribution in [0, 0.1) is 5.82 Å². The van der Waals surface area contributed by atoms with Crippen molar-refractivity contribution in [3.8, 4) is 5.75 Å². The van der Waals surface area contributed by atoms with Gasteiger partial charge in [-0.3, -0.25) is 4.79 Å². The zero-order valence-electron chi connectivity index (χ0n) is 15.0. The molecule has 2 N–H and O–H groups in total. The highest BCUT2D eigenvalue weighted by Gasteiger charge is 2.23. The van der Waals surface area contributed by atoms with E-state index < -0.39 is 11.9 Å². The second-order valence-corrected chi connectivity index (χ2v) is 6.54. The Hall–Kier alpha value is -3.66. The summed E-state index contributed by atoms with van der Waals surface area (Å²) < 4.78 is 13.2. The molecule has 1 atom stereocenters. The van der Waals surface area contributed by atoms with Crippen molar-refractivity contribution >= 4 is 16.7 Å². The van der Waals surface area contributed by atoms with Gasteiger partial charge in [-0.05, 0) is 46.7 Å². The summed E-state index contributed by atoms with van der Waals surface area (Å²) in [6.45, 7) is 0. The van der Waals surface area contributed by atoms with E-state index in [1.165, 1.54) is 24.3 Å². The Labute approximate surface area is 162 Å². The Kier molecular flexibility index (Phi) is 4.77. The van der Waals surface area contributed by atoms with Crippen LogP contribution in [-0.2, 0) is 0 Å². The molecule has 0 aromatic heterocycles. The molecule has 0 saturated heterocycles. The number of carbonyl (C=O) groups is 1. The maximum Gasteiger partial charge on any atom is 0.252 e. The summed E-state index contributed by atoms with van der Waals surface area (Å²) in [6.07, 6.45) is 0. The average Bonchev–Trinajstić information content (AvgIpc) is 2.73. The predicted octanol–water partition coefficient (Wildman–Crippen LogP) is 5.20. The minimum absolute atomic E-state index is 0.104. The highest BCUT2D eigenvalue weighted by Crippen LogP contribution is 2.36. The molecule has 4 aromatic rings. The van der Waals surface area contributed by atoms with E-state index >= 15 is 0 Å². The molecular weight excluding hydrogens is 353 g/mol. The number of fused-ring (bicyclic) bond motifs is 1. The molecule has 0 aliphatic carbocycles. The van der Waals surface area contributed by atoms with E-state index in [2.05, 4.69) is 5.32 Å². The summed E-state index contributed by atoms with van der Waals surface area (Å²) in [7, 11) is 0. The molecule has 3 nitrogen and oxygen atoms in total. The quantitative estimate of drug-likeness (QED) is 0.518. The summed E-state index contributed by atoms with van der Waals surface area (Å²) in [5, 5.41) is 15.5. The van der Waals surface area contributed by atoms with E-state index in [4.69, 9.17) is 0 Å².